The van der Waals surface area contributed by atoms with Crippen LogP contribution in [0.1, 0.15) is 22.3 Å². The van der Waals surface area contributed by atoms with Crippen LogP contribution in [-0.2, 0) is 6.18 Å². The summed E-state index contributed by atoms with van der Waals surface area (Å²) in [5.74, 6) is 0.770. The Bertz CT molecular complexity index is 579. The maximum Gasteiger partial charge on any atom is 0.418 e. The fourth-order valence-electron chi connectivity index (χ4n) is 1.77. The Morgan fingerprint density at radius 1 is 1.40 bits per heavy atom. The van der Waals surface area contributed by atoms with Crippen molar-refractivity contribution < 1.29 is 18.0 Å². The molecule has 2 N–H and O–H groups in total. The third-order valence-corrected chi connectivity index (χ3v) is 4.23. The summed E-state index contributed by atoms with van der Waals surface area (Å²) in [4.78, 5) is 15.8. The van der Waals surface area contributed by atoms with Crippen LogP contribution >= 0.6 is 27.7 Å². The topological polar surface area (TPSA) is 55.5 Å². The highest BCUT2D eigenvalue weighted by atomic mass is 79.9. The zero-order valence-electron chi connectivity index (χ0n) is 10.1. The Kier molecular flexibility index (Phi) is 4.43. The number of carbonyl (C=O) groups is 1. The number of rotatable bonds is 1. The number of nitrogen functional groups attached to an aromatic ring is 1. The first kappa shape index (κ1) is 15.4. The molecule has 1 fully saturated rings. The van der Waals surface area contributed by atoms with Crippen LogP contribution in [0, 0.1) is 0 Å². The van der Waals surface area contributed by atoms with Gasteiger partial charge in [0.05, 0.1) is 16.8 Å². The second-order valence-corrected chi connectivity index (χ2v) is 6.22. The summed E-state index contributed by atoms with van der Waals surface area (Å²) in [6, 6.07) is 2.11. The number of halogens is 4. The molecule has 1 saturated heterocycles. The predicted octanol–water partition coefficient (Wildman–Crippen LogP) is 3.77. The third kappa shape index (κ3) is 3.35. The van der Waals surface area contributed by atoms with Gasteiger partial charge in [-0.2, -0.15) is 24.9 Å². The molecular formula is C12H10BrF3N2OS. The molecule has 1 aromatic rings. The van der Waals surface area contributed by atoms with E-state index in [1.807, 2.05) is 0 Å². The predicted molar refractivity (Wildman–Crippen MR) is 77.3 cm³/mol. The maximum absolute atomic E-state index is 12.8. The fraction of sp³-hybridized carbons (Fsp3) is 0.333. The fourth-order valence-corrected chi connectivity index (χ4v) is 3.20. The highest BCUT2D eigenvalue weighted by molar-refractivity contribution is 9.10. The lowest BCUT2D eigenvalue weighted by atomic mass is 10.1. The maximum atomic E-state index is 12.8. The smallest absolute Gasteiger partial charge is 0.398 e. The lowest BCUT2D eigenvalue weighted by molar-refractivity contribution is -0.136. The van der Waals surface area contributed by atoms with E-state index in [4.69, 9.17) is 5.73 Å². The van der Waals surface area contributed by atoms with E-state index in [-0.39, 0.29) is 10.0 Å². The van der Waals surface area contributed by atoms with E-state index in [1.54, 1.807) is 11.8 Å². The molecule has 8 heteroatoms. The van der Waals surface area contributed by atoms with Crippen molar-refractivity contribution in [2.75, 3.05) is 17.2 Å². The van der Waals surface area contributed by atoms with Gasteiger partial charge in [0, 0.05) is 15.9 Å². The molecule has 0 saturated carbocycles. The first-order chi connectivity index (χ1) is 9.29. The number of alkyl halides is 3. The summed E-state index contributed by atoms with van der Waals surface area (Å²) in [5.41, 5.74) is 4.33. The summed E-state index contributed by atoms with van der Waals surface area (Å²) in [6.07, 6.45) is -3.93. The molecular weight excluding hydrogens is 357 g/mol. The minimum absolute atomic E-state index is 0.142. The molecule has 1 aromatic carbocycles. The highest BCUT2D eigenvalue weighted by Gasteiger charge is 2.35. The quantitative estimate of drug-likeness (QED) is 0.769. The van der Waals surface area contributed by atoms with Crippen molar-refractivity contribution in [2.24, 2.45) is 4.99 Å². The zero-order chi connectivity index (χ0) is 14.9. The number of aliphatic imine (C=N–C) groups is 1. The van der Waals surface area contributed by atoms with Gasteiger partial charge in [-0.15, -0.1) is 0 Å². The van der Waals surface area contributed by atoms with Gasteiger partial charge in [-0.1, -0.05) is 15.9 Å². The Hall–Kier alpha value is -1.02. The summed E-state index contributed by atoms with van der Waals surface area (Å²) in [5, 5.41) is 0. The first-order valence-electron chi connectivity index (χ1n) is 5.64. The number of amides is 1. The lowest BCUT2D eigenvalue weighted by Gasteiger charge is -2.13. The van der Waals surface area contributed by atoms with Crippen LogP contribution in [0.2, 0.25) is 0 Å². The van der Waals surface area contributed by atoms with E-state index in [0.29, 0.717) is 17.9 Å². The van der Waals surface area contributed by atoms with Crippen LogP contribution in [0.3, 0.4) is 0 Å². The zero-order valence-corrected chi connectivity index (χ0v) is 12.5. The van der Waals surface area contributed by atoms with E-state index in [9.17, 15) is 18.0 Å². The average Bonchev–Trinajstić information content (AvgIpc) is 2.83. The second-order valence-electron chi connectivity index (χ2n) is 4.20. The summed E-state index contributed by atoms with van der Waals surface area (Å²) in [7, 11) is 0. The van der Waals surface area contributed by atoms with Crippen molar-refractivity contribution >= 4 is 45.0 Å². The summed E-state index contributed by atoms with van der Waals surface area (Å²) < 4.78 is 38.6. The van der Waals surface area contributed by atoms with Crippen molar-refractivity contribution in [3.63, 3.8) is 0 Å². The molecule has 0 aliphatic carbocycles. The van der Waals surface area contributed by atoms with Gasteiger partial charge in [-0.05, 0) is 24.3 Å². The number of carbonyl (C=O) groups excluding carboxylic acids is 1. The van der Waals surface area contributed by atoms with Crippen molar-refractivity contribution in [2.45, 2.75) is 12.6 Å². The van der Waals surface area contributed by atoms with Crippen molar-refractivity contribution in [1.82, 2.24) is 0 Å². The average molecular weight is 367 g/mol. The van der Waals surface area contributed by atoms with Crippen molar-refractivity contribution in [1.29, 1.82) is 0 Å². The minimum atomic E-state index is -4.61. The lowest BCUT2D eigenvalue weighted by Crippen LogP contribution is -2.13. The van der Waals surface area contributed by atoms with E-state index in [0.717, 1.165) is 11.8 Å². The number of thioether (sulfide) groups is 1. The summed E-state index contributed by atoms with van der Waals surface area (Å²) >= 11 is 4.59. The third-order valence-electron chi connectivity index (χ3n) is 2.74. The van der Waals surface area contributed by atoms with Gasteiger partial charge in [0.2, 0.25) is 0 Å². The molecule has 1 amide bonds. The molecule has 108 valence electrons. The standard InChI is InChI=1S/C12H10BrF3N2OS/c13-6-3-8(10(17)9(4-6)12(14,15)16)11(19)18-7-1-2-20-5-7/h3-4H,1-2,5,17H2. The number of anilines is 1. The molecule has 0 bridgehead atoms. The van der Waals surface area contributed by atoms with Gasteiger partial charge in [0.1, 0.15) is 0 Å². The number of hydrogen-bond donors (Lipinski definition) is 1. The Labute approximate surface area is 125 Å². The van der Waals surface area contributed by atoms with E-state index in [2.05, 4.69) is 20.9 Å². The molecule has 20 heavy (non-hydrogen) atoms. The monoisotopic (exact) mass is 366 g/mol. The van der Waals surface area contributed by atoms with Crippen LogP contribution < -0.4 is 5.73 Å². The molecule has 2 rings (SSSR count). The molecule has 1 heterocycles. The van der Waals surface area contributed by atoms with Gasteiger partial charge < -0.3 is 5.73 Å². The highest BCUT2D eigenvalue weighted by Crippen LogP contribution is 2.37. The van der Waals surface area contributed by atoms with Crippen molar-refractivity contribution in [3.8, 4) is 0 Å². The van der Waals surface area contributed by atoms with Crippen LogP contribution in [0.25, 0.3) is 0 Å². The van der Waals surface area contributed by atoms with Gasteiger partial charge in [-0.25, -0.2) is 4.99 Å². The van der Waals surface area contributed by atoms with E-state index < -0.39 is 23.3 Å². The Morgan fingerprint density at radius 2 is 2.10 bits per heavy atom. The molecule has 0 aromatic heterocycles. The van der Waals surface area contributed by atoms with Crippen LogP contribution in [-0.4, -0.2) is 23.1 Å². The van der Waals surface area contributed by atoms with Gasteiger partial charge in [-0.3, -0.25) is 4.79 Å². The van der Waals surface area contributed by atoms with E-state index in [1.165, 1.54) is 6.07 Å². The van der Waals surface area contributed by atoms with Crippen LogP contribution in [0.5, 0.6) is 0 Å². The van der Waals surface area contributed by atoms with Gasteiger partial charge >= 0.3 is 6.18 Å². The van der Waals surface area contributed by atoms with Crippen LogP contribution in [0.15, 0.2) is 21.6 Å². The number of benzene rings is 1. The molecule has 1 aliphatic rings. The molecule has 0 spiro atoms. The molecule has 0 radical (unpaired) electrons. The SMILES string of the molecule is Nc1c(C(=O)N=C2CCSC2)cc(Br)cc1C(F)(F)F. The molecule has 3 nitrogen and oxygen atoms in total. The van der Waals surface area contributed by atoms with Gasteiger partial charge in [0.15, 0.2) is 0 Å². The molecule has 0 atom stereocenters. The van der Waals surface area contributed by atoms with Crippen LogP contribution in [0.4, 0.5) is 18.9 Å². The minimum Gasteiger partial charge on any atom is -0.398 e. The molecule has 0 unspecified atom stereocenters. The molecule has 1 aliphatic heterocycles. The Balaban J connectivity index is 2.44. The van der Waals surface area contributed by atoms with Crippen molar-refractivity contribution in [3.05, 3.63) is 27.7 Å². The normalized spacial score (nSPS) is 17.7. The van der Waals surface area contributed by atoms with Gasteiger partial charge in [0.25, 0.3) is 5.91 Å². The number of hydrogen-bond acceptors (Lipinski definition) is 3. The number of nitrogens with two attached hydrogens (primary N) is 1. The Morgan fingerprint density at radius 3 is 2.65 bits per heavy atom. The summed E-state index contributed by atoms with van der Waals surface area (Å²) in [6.45, 7) is 0. The van der Waals surface area contributed by atoms with E-state index >= 15 is 0 Å². The largest absolute Gasteiger partial charge is 0.418 e. The second kappa shape index (κ2) is 5.77. The number of nitrogens with zero attached hydrogens (tertiary/aromatic N) is 1. The first-order valence-corrected chi connectivity index (χ1v) is 7.58.